The third-order valence-corrected chi connectivity index (χ3v) is 2.81. The molecule has 1 unspecified atom stereocenters. The Morgan fingerprint density at radius 3 is 3.00 bits per heavy atom. The van der Waals surface area contributed by atoms with Gasteiger partial charge in [0.05, 0.1) is 0 Å². The van der Waals surface area contributed by atoms with Crippen LogP contribution in [-0.4, -0.2) is 37.1 Å². The van der Waals surface area contributed by atoms with E-state index in [1.165, 1.54) is 32.4 Å². The van der Waals surface area contributed by atoms with Crippen molar-refractivity contribution in [3.05, 3.63) is 11.6 Å². The average molecular weight is 217 g/mol. The van der Waals surface area contributed by atoms with Gasteiger partial charge in [-0.15, -0.1) is 0 Å². The average Bonchev–Trinajstić information content (AvgIpc) is 2.67. The molecule has 1 N–H and O–H groups in total. The lowest BCUT2D eigenvalue weighted by molar-refractivity contribution is 0.274. The van der Waals surface area contributed by atoms with Crippen molar-refractivity contribution in [2.75, 3.05) is 26.2 Å². The van der Waals surface area contributed by atoms with E-state index in [1.807, 2.05) is 6.08 Å². The van der Waals surface area contributed by atoms with E-state index in [4.69, 9.17) is 11.6 Å². The third kappa shape index (κ3) is 4.45. The van der Waals surface area contributed by atoms with Crippen molar-refractivity contribution in [2.24, 2.45) is 0 Å². The van der Waals surface area contributed by atoms with Gasteiger partial charge in [-0.05, 0) is 32.4 Å². The lowest BCUT2D eigenvalue weighted by atomic mass is 10.2. The minimum Gasteiger partial charge on any atom is -0.313 e. The molecule has 82 valence electrons. The highest BCUT2D eigenvalue weighted by molar-refractivity contribution is 6.25. The van der Waals surface area contributed by atoms with Crippen LogP contribution in [0, 0.1) is 0 Å². The largest absolute Gasteiger partial charge is 0.313 e. The molecular formula is C11H21ClN2. The number of halogens is 1. The fourth-order valence-electron chi connectivity index (χ4n) is 1.99. The summed E-state index contributed by atoms with van der Waals surface area (Å²) in [6, 6.07) is 0.699. The van der Waals surface area contributed by atoms with Crippen LogP contribution in [0.1, 0.15) is 26.2 Å². The molecule has 0 bridgehead atoms. The summed E-state index contributed by atoms with van der Waals surface area (Å²) in [5, 5.41) is 3.52. The molecule has 1 heterocycles. The second-order valence-electron chi connectivity index (χ2n) is 3.91. The van der Waals surface area contributed by atoms with Crippen LogP contribution in [0.4, 0.5) is 0 Å². The summed E-state index contributed by atoms with van der Waals surface area (Å²) in [7, 11) is 0. The fraction of sp³-hybridized carbons (Fsp3) is 0.818. The Morgan fingerprint density at radius 2 is 2.43 bits per heavy atom. The zero-order valence-corrected chi connectivity index (χ0v) is 9.76. The summed E-state index contributed by atoms with van der Waals surface area (Å²) < 4.78 is 0. The topological polar surface area (TPSA) is 15.3 Å². The molecule has 2 nitrogen and oxygen atoms in total. The quantitative estimate of drug-likeness (QED) is 0.733. The Balaban J connectivity index is 2.25. The normalized spacial score (nSPS) is 22.6. The molecular weight excluding hydrogens is 196 g/mol. The Morgan fingerprint density at radius 1 is 1.57 bits per heavy atom. The van der Waals surface area contributed by atoms with Crippen LogP contribution >= 0.6 is 11.6 Å². The van der Waals surface area contributed by atoms with Crippen molar-refractivity contribution >= 4 is 11.6 Å². The molecule has 0 aromatic heterocycles. The van der Waals surface area contributed by atoms with Crippen LogP contribution in [0.15, 0.2) is 11.6 Å². The maximum absolute atomic E-state index is 5.54. The van der Waals surface area contributed by atoms with Gasteiger partial charge in [0.25, 0.3) is 0 Å². The summed E-state index contributed by atoms with van der Waals surface area (Å²) in [5.74, 6) is 0. The van der Waals surface area contributed by atoms with Gasteiger partial charge in [0, 0.05) is 24.7 Å². The highest BCUT2D eigenvalue weighted by Crippen LogP contribution is 2.07. The summed E-state index contributed by atoms with van der Waals surface area (Å²) in [4.78, 5) is 2.46. The van der Waals surface area contributed by atoms with Gasteiger partial charge in [-0.1, -0.05) is 24.6 Å². The van der Waals surface area contributed by atoms with E-state index < -0.39 is 0 Å². The molecule has 0 amide bonds. The number of rotatable bonds is 6. The van der Waals surface area contributed by atoms with E-state index in [-0.39, 0.29) is 0 Å². The molecule has 0 aliphatic carbocycles. The molecule has 0 aromatic rings. The Hall–Kier alpha value is -0.0500. The number of hydrogen-bond donors (Lipinski definition) is 1. The van der Waals surface area contributed by atoms with Crippen molar-refractivity contribution in [3.8, 4) is 0 Å². The molecule has 1 fully saturated rings. The molecule has 1 aliphatic rings. The standard InChI is InChI=1S/C11H21ClN2/c1-2-8-14(9-4-6-12)10-11-5-3-7-13-11/h4,6,11,13H,2-3,5,7-10H2,1H3/b6-4+. The van der Waals surface area contributed by atoms with Gasteiger partial charge >= 0.3 is 0 Å². The predicted octanol–water partition coefficient (Wildman–Crippen LogP) is 2.20. The fourth-order valence-corrected chi connectivity index (χ4v) is 2.07. The zero-order valence-electron chi connectivity index (χ0n) is 9.01. The van der Waals surface area contributed by atoms with Crippen molar-refractivity contribution in [3.63, 3.8) is 0 Å². The molecule has 1 atom stereocenters. The Kier molecular flexibility index (Phi) is 6.24. The molecule has 0 radical (unpaired) electrons. The third-order valence-electron chi connectivity index (χ3n) is 2.63. The van der Waals surface area contributed by atoms with Gasteiger partial charge in [-0.2, -0.15) is 0 Å². The first-order valence-corrected chi connectivity index (χ1v) is 6.01. The maximum atomic E-state index is 5.54. The predicted molar refractivity (Wildman–Crippen MR) is 62.7 cm³/mol. The molecule has 3 heteroatoms. The van der Waals surface area contributed by atoms with Gasteiger partial charge in [0.1, 0.15) is 0 Å². The van der Waals surface area contributed by atoms with E-state index in [0.29, 0.717) is 6.04 Å². The molecule has 1 saturated heterocycles. The Bertz CT molecular complexity index is 165. The first-order valence-electron chi connectivity index (χ1n) is 5.57. The van der Waals surface area contributed by atoms with Crippen LogP contribution < -0.4 is 5.32 Å². The van der Waals surface area contributed by atoms with Gasteiger partial charge in [-0.25, -0.2) is 0 Å². The summed E-state index contributed by atoms with van der Waals surface area (Å²) in [6.07, 6.45) is 5.88. The first kappa shape index (κ1) is 12.0. The summed E-state index contributed by atoms with van der Waals surface area (Å²) in [6.45, 7) is 6.72. The molecule has 0 saturated carbocycles. The van der Waals surface area contributed by atoms with E-state index in [2.05, 4.69) is 17.1 Å². The number of nitrogens with one attached hydrogen (secondary N) is 1. The van der Waals surface area contributed by atoms with Crippen molar-refractivity contribution in [1.29, 1.82) is 0 Å². The number of nitrogens with zero attached hydrogens (tertiary/aromatic N) is 1. The van der Waals surface area contributed by atoms with E-state index in [0.717, 1.165) is 13.1 Å². The van der Waals surface area contributed by atoms with Crippen LogP contribution in [0.5, 0.6) is 0 Å². The Labute approximate surface area is 92.3 Å². The van der Waals surface area contributed by atoms with E-state index >= 15 is 0 Å². The van der Waals surface area contributed by atoms with Crippen LogP contribution in [0.25, 0.3) is 0 Å². The van der Waals surface area contributed by atoms with Crippen LogP contribution in [-0.2, 0) is 0 Å². The van der Waals surface area contributed by atoms with Gasteiger partial charge in [-0.3, -0.25) is 4.90 Å². The van der Waals surface area contributed by atoms with Crippen LogP contribution in [0.3, 0.4) is 0 Å². The lowest BCUT2D eigenvalue weighted by Crippen LogP contribution is -2.38. The minimum absolute atomic E-state index is 0.699. The highest BCUT2D eigenvalue weighted by atomic mass is 35.5. The summed E-state index contributed by atoms with van der Waals surface area (Å²) >= 11 is 5.54. The van der Waals surface area contributed by atoms with E-state index in [1.54, 1.807) is 5.54 Å². The summed E-state index contributed by atoms with van der Waals surface area (Å²) in [5.41, 5.74) is 1.62. The number of hydrogen-bond acceptors (Lipinski definition) is 2. The molecule has 1 aliphatic heterocycles. The monoisotopic (exact) mass is 216 g/mol. The zero-order chi connectivity index (χ0) is 10.2. The van der Waals surface area contributed by atoms with Crippen molar-refractivity contribution < 1.29 is 0 Å². The highest BCUT2D eigenvalue weighted by Gasteiger charge is 2.16. The smallest absolute Gasteiger partial charge is 0.0195 e. The van der Waals surface area contributed by atoms with Gasteiger partial charge in [0.15, 0.2) is 0 Å². The van der Waals surface area contributed by atoms with Crippen molar-refractivity contribution in [2.45, 2.75) is 32.2 Å². The molecule has 1 rings (SSSR count). The minimum atomic E-state index is 0.699. The lowest BCUT2D eigenvalue weighted by Gasteiger charge is -2.23. The van der Waals surface area contributed by atoms with Gasteiger partial charge < -0.3 is 5.32 Å². The maximum Gasteiger partial charge on any atom is 0.0195 e. The molecule has 14 heavy (non-hydrogen) atoms. The SMILES string of the molecule is CCCN(C/C=C/Cl)CC1CCCN1. The van der Waals surface area contributed by atoms with Crippen LogP contribution in [0.2, 0.25) is 0 Å². The van der Waals surface area contributed by atoms with E-state index in [9.17, 15) is 0 Å². The molecule has 0 spiro atoms. The second kappa shape index (κ2) is 7.27. The van der Waals surface area contributed by atoms with Crippen molar-refractivity contribution in [1.82, 2.24) is 10.2 Å². The first-order chi connectivity index (χ1) is 6.86. The molecule has 0 aromatic carbocycles. The second-order valence-corrected chi connectivity index (χ2v) is 4.17. The van der Waals surface area contributed by atoms with Gasteiger partial charge in [0.2, 0.25) is 0 Å².